The Morgan fingerprint density at radius 2 is 1.85 bits per heavy atom. The van der Waals surface area contributed by atoms with Gasteiger partial charge in [-0.05, 0) is 38.3 Å². The first-order valence-corrected chi connectivity index (χ1v) is 7.78. The van der Waals surface area contributed by atoms with E-state index in [0.717, 1.165) is 24.8 Å². The van der Waals surface area contributed by atoms with Crippen molar-refractivity contribution in [3.8, 4) is 11.8 Å². The standard InChI is InChI=1S/C19H24O/c1-3-19(2,15-14-16-10-6-4-7-11-16)18(20)17-12-8-5-9-13-17/h4,6-7,10-11,17H,3,5,8-9,12-13H2,1-2H3. The molecule has 1 unspecified atom stereocenters. The molecule has 0 bridgehead atoms. The van der Waals surface area contributed by atoms with Crippen LogP contribution in [0.2, 0.25) is 0 Å². The van der Waals surface area contributed by atoms with E-state index in [1.807, 2.05) is 37.3 Å². The Balaban J connectivity index is 2.16. The molecular weight excluding hydrogens is 244 g/mol. The summed E-state index contributed by atoms with van der Waals surface area (Å²) in [5.41, 5.74) is 0.501. The van der Waals surface area contributed by atoms with Crippen molar-refractivity contribution in [1.29, 1.82) is 0 Å². The third kappa shape index (κ3) is 3.51. The van der Waals surface area contributed by atoms with E-state index in [9.17, 15) is 4.79 Å². The molecule has 1 saturated carbocycles. The fraction of sp³-hybridized carbons (Fsp3) is 0.526. The first-order valence-electron chi connectivity index (χ1n) is 7.78. The van der Waals surface area contributed by atoms with Crippen LogP contribution in [-0.4, -0.2) is 5.78 Å². The fourth-order valence-electron chi connectivity index (χ4n) is 2.87. The molecule has 1 aromatic rings. The second-order valence-electron chi connectivity index (χ2n) is 6.00. The summed E-state index contributed by atoms with van der Waals surface area (Å²) in [5.74, 6) is 7.04. The molecule has 2 rings (SSSR count). The van der Waals surface area contributed by atoms with Crippen LogP contribution in [0, 0.1) is 23.2 Å². The van der Waals surface area contributed by atoms with Gasteiger partial charge >= 0.3 is 0 Å². The maximum Gasteiger partial charge on any atom is 0.153 e. The number of hydrogen-bond donors (Lipinski definition) is 0. The highest BCUT2D eigenvalue weighted by Gasteiger charge is 2.35. The monoisotopic (exact) mass is 268 g/mol. The molecule has 1 fully saturated rings. The molecule has 0 spiro atoms. The van der Waals surface area contributed by atoms with Gasteiger partial charge in [0.15, 0.2) is 5.78 Å². The average Bonchev–Trinajstić information content (AvgIpc) is 2.53. The van der Waals surface area contributed by atoms with Crippen molar-refractivity contribution >= 4 is 5.78 Å². The van der Waals surface area contributed by atoms with Crippen molar-refractivity contribution in [2.24, 2.45) is 11.3 Å². The first kappa shape index (κ1) is 14.9. The van der Waals surface area contributed by atoms with Crippen LogP contribution >= 0.6 is 0 Å². The summed E-state index contributed by atoms with van der Waals surface area (Å²) in [6.45, 7) is 4.08. The van der Waals surface area contributed by atoms with Crippen LogP contribution in [0.4, 0.5) is 0 Å². The summed E-state index contributed by atoms with van der Waals surface area (Å²) < 4.78 is 0. The summed E-state index contributed by atoms with van der Waals surface area (Å²) in [7, 11) is 0. The van der Waals surface area contributed by atoms with E-state index in [2.05, 4.69) is 18.8 Å². The lowest BCUT2D eigenvalue weighted by molar-refractivity contribution is -0.130. The predicted molar refractivity (Wildman–Crippen MR) is 83.3 cm³/mol. The predicted octanol–water partition coefficient (Wildman–Crippen LogP) is 4.60. The zero-order valence-corrected chi connectivity index (χ0v) is 12.6. The quantitative estimate of drug-likeness (QED) is 0.732. The molecule has 0 aliphatic heterocycles. The molecule has 0 aromatic heterocycles. The van der Waals surface area contributed by atoms with E-state index >= 15 is 0 Å². The van der Waals surface area contributed by atoms with Crippen LogP contribution in [0.25, 0.3) is 0 Å². The third-order valence-corrected chi connectivity index (χ3v) is 4.48. The smallest absolute Gasteiger partial charge is 0.153 e. The zero-order valence-electron chi connectivity index (χ0n) is 12.6. The van der Waals surface area contributed by atoms with Gasteiger partial charge in [-0.1, -0.05) is 56.2 Å². The SMILES string of the molecule is CCC(C)(C#Cc1ccccc1)C(=O)C1CCCCC1. The normalized spacial score (nSPS) is 18.7. The Labute approximate surface area is 122 Å². The number of hydrogen-bond acceptors (Lipinski definition) is 1. The molecule has 1 heteroatoms. The van der Waals surface area contributed by atoms with E-state index in [1.165, 1.54) is 19.3 Å². The highest BCUT2D eigenvalue weighted by Crippen LogP contribution is 2.33. The Hall–Kier alpha value is -1.55. The van der Waals surface area contributed by atoms with Crippen LogP contribution in [0.15, 0.2) is 30.3 Å². The van der Waals surface area contributed by atoms with Crippen molar-refractivity contribution in [2.75, 3.05) is 0 Å². The number of benzene rings is 1. The minimum atomic E-state index is -0.488. The molecule has 0 radical (unpaired) electrons. The number of carbonyl (C=O) groups is 1. The molecular formula is C19H24O. The highest BCUT2D eigenvalue weighted by atomic mass is 16.1. The van der Waals surface area contributed by atoms with Gasteiger partial charge in [-0.2, -0.15) is 0 Å². The van der Waals surface area contributed by atoms with Gasteiger partial charge < -0.3 is 0 Å². The first-order chi connectivity index (χ1) is 9.65. The molecule has 0 heterocycles. The van der Waals surface area contributed by atoms with Crippen molar-refractivity contribution in [1.82, 2.24) is 0 Å². The Bertz CT molecular complexity index is 500. The summed E-state index contributed by atoms with van der Waals surface area (Å²) in [6, 6.07) is 9.94. The molecule has 20 heavy (non-hydrogen) atoms. The minimum Gasteiger partial charge on any atom is -0.298 e. The van der Waals surface area contributed by atoms with E-state index in [4.69, 9.17) is 0 Å². The van der Waals surface area contributed by atoms with Crippen LogP contribution in [0.1, 0.15) is 57.9 Å². The lowest BCUT2D eigenvalue weighted by atomic mass is 9.73. The summed E-state index contributed by atoms with van der Waals surface area (Å²) in [4.78, 5) is 12.8. The summed E-state index contributed by atoms with van der Waals surface area (Å²) >= 11 is 0. The zero-order chi connectivity index (χ0) is 14.4. The Morgan fingerprint density at radius 3 is 2.45 bits per heavy atom. The minimum absolute atomic E-state index is 0.235. The molecule has 1 nitrogen and oxygen atoms in total. The van der Waals surface area contributed by atoms with E-state index in [-0.39, 0.29) is 5.92 Å². The third-order valence-electron chi connectivity index (χ3n) is 4.48. The molecule has 1 aromatic carbocycles. The molecule has 1 aliphatic rings. The molecule has 1 aliphatic carbocycles. The van der Waals surface area contributed by atoms with Crippen molar-refractivity contribution in [2.45, 2.75) is 52.4 Å². The summed E-state index contributed by atoms with van der Waals surface area (Å²) in [6.07, 6.45) is 6.58. The average molecular weight is 268 g/mol. The molecule has 0 amide bonds. The molecule has 106 valence electrons. The van der Waals surface area contributed by atoms with Gasteiger partial charge in [-0.15, -0.1) is 0 Å². The van der Waals surface area contributed by atoms with E-state index in [0.29, 0.717) is 5.78 Å². The van der Waals surface area contributed by atoms with Gasteiger partial charge in [-0.25, -0.2) is 0 Å². The van der Waals surface area contributed by atoms with E-state index < -0.39 is 5.41 Å². The number of ketones is 1. The van der Waals surface area contributed by atoms with Gasteiger partial charge in [0.25, 0.3) is 0 Å². The molecule has 0 saturated heterocycles. The molecule has 0 N–H and O–H groups in total. The topological polar surface area (TPSA) is 17.1 Å². The van der Waals surface area contributed by atoms with Crippen LogP contribution < -0.4 is 0 Å². The highest BCUT2D eigenvalue weighted by molar-refractivity contribution is 5.89. The fourth-order valence-corrected chi connectivity index (χ4v) is 2.87. The van der Waals surface area contributed by atoms with Gasteiger partial charge in [0, 0.05) is 11.5 Å². The second kappa shape index (κ2) is 6.75. The largest absolute Gasteiger partial charge is 0.298 e. The number of carbonyl (C=O) groups excluding carboxylic acids is 1. The summed E-state index contributed by atoms with van der Waals surface area (Å²) in [5, 5.41) is 0. The van der Waals surface area contributed by atoms with Crippen LogP contribution in [0.5, 0.6) is 0 Å². The Kier molecular flexibility index (Phi) is 5.01. The lowest BCUT2D eigenvalue weighted by Crippen LogP contribution is -2.33. The number of Topliss-reactive ketones (excluding diaryl/α,β-unsaturated/α-hetero) is 1. The van der Waals surface area contributed by atoms with Gasteiger partial charge in [-0.3, -0.25) is 4.79 Å². The van der Waals surface area contributed by atoms with Crippen molar-refractivity contribution < 1.29 is 4.79 Å². The van der Waals surface area contributed by atoms with Crippen LogP contribution in [0.3, 0.4) is 0 Å². The lowest BCUT2D eigenvalue weighted by Gasteiger charge is -2.28. The van der Waals surface area contributed by atoms with E-state index in [1.54, 1.807) is 0 Å². The molecule has 1 atom stereocenters. The van der Waals surface area contributed by atoms with Crippen molar-refractivity contribution in [3.05, 3.63) is 35.9 Å². The van der Waals surface area contributed by atoms with Gasteiger partial charge in [0.1, 0.15) is 0 Å². The Morgan fingerprint density at radius 1 is 1.20 bits per heavy atom. The van der Waals surface area contributed by atoms with Crippen LogP contribution in [-0.2, 0) is 4.79 Å². The maximum atomic E-state index is 12.8. The van der Waals surface area contributed by atoms with Gasteiger partial charge in [0.05, 0.1) is 5.41 Å². The van der Waals surface area contributed by atoms with Crippen molar-refractivity contribution in [3.63, 3.8) is 0 Å². The van der Waals surface area contributed by atoms with Gasteiger partial charge in [0.2, 0.25) is 0 Å². The number of rotatable bonds is 3. The maximum absolute atomic E-state index is 12.8. The second-order valence-corrected chi connectivity index (χ2v) is 6.00.